The van der Waals surface area contributed by atoms with Crippen LogP contribution in [0.1, 0.15) is 18.1 Å². The topological polar surface area (TPSA) is 50.8 Å². The van der Waals surface area contributed by atoms with E-state index in [1.807, 2.05) is 74.8 Å². The van der Waals surface area contributed by atoms with Crippen LogP contribution in [0.2, 0.25) is 0 Å². The van der Waals surface area contributed by atoms with Crippen molar-refractivity contribution < 1.29 is 14.3 Å². The third-order valence-electron chi connectivity index (χ3n) is 5.02. The molecule has 0 radical (unpaired) electrons. The summed E-state index contributed by atoms with van der Waals surface area (Å²) in [7, 11) is 3.62. The normalized spacial score (nSPS) is 11.4. The molecule has 0 aliphatic rings. The van der Waals surface area contributed by atoms with Crippen molar-refractivity contribution in [3.63, 3.8) is 0 Å². The zero-order valence-corrected chi connectivity index (χ0v) is 19.4. The number of methoxy groups -OCH3 is 1. The van der Waals surface area contributed by atoms with Gasteiger partial charge in [-0.05, 0) is 52.8 Å². The number of anilines is 1. The Balaban J connectivity index is 1.71. The van der Waals surface area contributed by atoms with Gasteiger partial charge in [-0.3, -0.25) is 4.79 Å². The largest absolute Gasteiger partial charge is 0.493 e. The maximum atomic E-state index is 12.5. The van der Waals surface area contributed by atoms with Crippen molar-refractivity contribution in [1.82, 2.24) is 4.90 Å². The minimum Gasteiger partial charge on any atom is -0.493 e. The van der Waals surface area contributed by atoms with E-state index in [0.29, 0.717) is 23.8 Å². The Morgan fingerprint density at radius 1 is 1.06 bits per heavy atom. The zero-order valence-electron chi connectivity index (χ0n) is 19.4. The molecular weight excluding hydrogens is 412 g/mol. The molecule has 0 saturated heterocycles. The lowest BCUT2D eigenvalue weighted by molar-refractivity contribution is -0.111. The van der Waals surface area contributed by atoms with E-state index in [1.165, 1.54) is 11.6 Å². The van der Waals surface area contributed by atoms with E-state index < -0.39 is 0 Å². The molecule has 0 bridgehead atoms. The first-order valence-corrected chi connectivity index (χ1v) is 10.8. The lowest BCUT2D eigenvalue weighted by Crippen LogP contribution is -2.30. The number of hydrogen-bond acceptors (Lipinski definition) is 4. The van der Waals surface area contributed by atoms with Crippen LogP contribution in [0.25, 0.3) is 18.9 Å². The predicted octanol–water partition coefficient (Wildman–Crippen LogP) is 4.03. The fourth-order valence-corrected chi connectivity index (χ4v) is 3.41. The van der Waals surface area contributed by atoms with E-state index >= 15 is 0 Å². The van der Waals surface area contributed by atoms with Gasteiger partial charge in [-0.1, -0.05) is 55.1 Å². The summed E-state index contributed by atoms with van der Waals surface area (Å²) in [6.07, 6.45) is 5.27. The van der Waals surface area contributed by atoms with Gasteiger partial charge in [0.15, 0.2) is 11.5 Å². The van der Waals surface area contributed by atoms with Gasteiger partial charge in [0, 0.05) is 31.6 Å². The van der Waals surface area contributed by atoms with Crippen LogP contribution in [0.15, 0.2) is 72.8 Å². The standard InChI is InChI=1S/C28H30N2O3/c1-5-33-27-18-22(14-16-26(27)32-4)15-17-28(31)29-25-13-9-12-24(21(25)2)20-30(3)19-23-10-7-6-8-11-23/h6-18,20H,2,5,19H2,1,3-4H3,(H,29,31). The van der Waals surface area contributed by atoms with Crippen LogP contribution in [0.4, 0.5) is 5.69 Å². The molecule has 3 aromatic carbocycles. The molecule has 5 nitrogen and oxygen atoms in total. The van der Waals surface area contributed by atoms with Gasteiger partial charge >= 0.3 is 0 Å². The second kappa shape index (κ2) is 11.6. The molecule has 0 aliphatic carbocycles. The monoisotopic (exact) mass is 442 g/mol. The quantitative estimate of drug-likeness (QED) is 0.509. The first-order valence-electron chi connectivity index (χ1n) is 10.8. The van der Waals surface area contributed by atoms with E-state index in [1.54, 1.807) is 13.2 Å². The molecule has 0 aromatic heterocycles. The average Bonchev–Trinajstić information content (AvgIpc) is 2.81. The van der Waals surface area contributed by atoms with Crippen LogP contribution >= 0.6 is 0 Å². The first kappa shape index (κ1) is 23.7. The molecule has 3 aromatic rings. The Hall–Kier alpha value is -3.99. The van der Waals surface area contributed by atoms with E-state index in [4.69, 9.17) is 9.47 Å². The highest BCUT2D eigenvalue weighted by Crippen LogP contribution is 2.28. The summed E-state index contributed by atoms with van der Waals surface area (Å²) >= 11 is 0. The van der Waals surface area contributed by atoms with Gasteiger partial charge in [0.05, 0.1) is 13.7 Å². The molecular formula is C28H30N2O3. The summed E-state index contributed by atoms with van der Waals surface area (Å²) < 4.78 is 10.9. The summed E-state index contributed by atoms with van der Waals surface area (Å²) in [6, 6.07) is 21.5. The second-order valence-corrected chi connectivity index (χ2v) is 7.57. The summed E-state index contributed by atoms with van der Waals surface area (Å²) in [6.45, 7) is 7.40. The molecule has 3 rings (SSSR count). The molecule has 0 spiro atoms. The molecule has 170 valence electrons. The number of hydrogen-bond donors (Lipinski definition) is 1. The van der Waals surface area contributed by atoms with E-state index in [0.717, 1.165) is 22.5 Å². The van der Waals surface area contributed by atoms with E-state index in [2.05, 4.69) is 28.9 Å². The molecule has 33 heavy (non-hydrogen) atoms. The lowest BCUT2D eigenvalue weighted by atomic mass is 10.2. The van der Waals surface area contributed by atoms with Gasteiger partial charge in [-0.2, -0.15) is 0 Å². The van der Waals surface area contributed by atoms with Crippen LogP contribution in [0.3, 0.4) is 0 Å². The Labute approximate surface area is 195 Å². The third kappa shape index (κ3) is 6.74. The Morgan fingerprint density at radius 2 is 1.85 bits per heavy atom. The zero-order chi connectivity index (χ0) is 23.6. The molecule has 0 heterocycles. The molecule has 0 saturated carbocycles. The number of nitrogens with one attached hydrogen (secondary N) is 1. The molecule has 0 fully saturated rings. The van der Waals surface area contributed by atoms with Gasteiger partial charge < -0.3 is 19.7 Å². The maximum Gasteiger partial charge on any atom is 0.248 e. The van der Waals surface area contributed by atoms with Gasteiger partial charge in [0.2, 0.25) is 5.91 Å². The average molecular weight is 443 g/mol. The van der Waals surface area contributed by atoms with Gasteiger partial charge in [0.25, 0.3) is 0 Å². The minimum absolute atomic E-state index is 0.233. The Bertz CT molecular complexity index is 1220. The van der Waals surface area contributed by atoms with Crippen molar-refractivity contribution in [3.05, 3.63) is 94.4 Å². The van der Waals surface area contributed by atoms with Crippen molar-refractivity contribution in [2.45, 2.75) is 13.5 Å². The van der Waals surface area contributed by atoms with Crippen molar-refractivity contribution in [1.29, 1.82) is 0 Å². The van der Waals surface area contributed by atoms with Crippen LogP contribution in [-0.4, -0.2) is 31.6 Å². The fourth-order valence-electron chi connectivity index (χ4n) is 3.41. The van der Waals surface area contributed by atoms with Gasteiger partial charge in [-0.25, -0.2) is 0 Å². The summed E-state index contributed by atoms with van der Waals surface area (Å²) in [5, 5.41) is 4.64. The Kier molecular flexibility index (Phi) is 8.30. The molecule has 0 atom stereocenters. The molecule has 1 N–H and O–H groups in total. The summed E-state index contributed by atoms with van der Waals surface area (Å²) in [5.41, 5.74) is 2.74. The first-order chi connectivity index (χ1) is 16.0. The van der Waals surface area contributed by atoms with Crippen LogP contribution < -0.4 is 25.2 Å². The van der Waals surface area contributed by atoms with Crippen molar-refractivity contribution in [2.24, 2.45) is 0 Å². The number of amides is 1. The second-order valence-electron chi connectivity index (χ2n) is 7.57. The molecule has 5 heteroatoms. The number of benzene rings is 3. The maximum absolute atomic E-state index is 12.5. The van der Waals surface area contributed by atoms with Crippen LogP contribution in [-0.2, 0) is 11.3 Å². The van der Waals surface area contributed by atoms with E-state index in [9.17, 15) is 4.79 Å². The van der Waals surface area contributed by atoms with E-state index in [-0.39, 0.29) is 5.91 Å². The SMILES string of the molecule is C=c1c(NC(=O)C=Cc2ccc(OC)c(OCC)c2)cccc1=CN(C)Cc1ccccc1. The molecule has 0 unspecified atom stereocenters. The minimum atomic E-state index is -0.233. The van der Waals surface area contributed by atoms with Crippen molar-refractivity contribution >= 4 is 30.4 Å². The van der Waals surface area contributed by atoms with Crippen LogP contribution in [0, 0.1) is 0 Å². The predicted molar refractivity (Wildman–Crippen MR) is 135 cm³/mol. The molecule has 0 aliphatic heterocycles. The van der Waals surface area contributed by atoms with Gasteiger partial charge in [-0.15, -0.1) is 0 Å². The highest BCUT2D eigenvalue weighted by atomic mass is 16.5. The smallest absolute Gasteiger partial charge is 0.248 e. The van der Waals surface area contributed by atoms with Crippen LogP contribution in [0.5, 0.6) is 11.5 Å². The number of nitrogens with zero attached hydrogens (tertiary/aromatic N) is 1. The summed E-state index contributed by atoms with van der Waals surface area (Å²) in [4.78, 5) is 14.6. The highest BCUT2D eigenvalue weighted by Gasteiger charge is 2.05. The van der Waals surface area contributed by atoms with Crippen molar-refractivity contribution in [3.8, 4) is 11.5 Å². The number of carbonyl (C=O) groups excluding carboxylic acids is 1. The molecule has 1 amide bonds. The summed E-state index contributed by atoms with van der Waals surface area (Å²) in [5.74, 6) is 1.07. The highest BCUT2D eigenvalue weighted by molar-refractivity contribution is 6.02. The fraction of sp³-hybridized carbons (Fsp3) is 0.179. The lowest BCUT2D eigenvalue weighted by Gasteiger charge is -2.14. The number of ether oxygens (including phenoxy) is 2. The van der Waals surface area contributed by atoms with Crippen molar-refractivity contribution in [2.75, 3.05) is 26.1 Å². The number of rotatable bonds is 9. The third-order valence-corrected chi connectivity index (χ3v) is 5.02. The Morgan fingerprint density at radius 3 is 2.58 bits per heavy atom. The number of carbonyl (C=O) groups is 1. The van der Waals surface area contributed by atoms with Gasteiger partial charge in [0.1, 0.15) is 0 Å².